The van der Waals surface area contributed by atoms with Crippen molar-refractivity contribution in [2.75, 3.05) is 64.0 Å². The van der Waals surface area contributed by atoms with Gasteiger partial charge >= 0.3 is 0 Å². The second-order valence-corrected chi connectivity index (χ2v) is 8.73. The van der Waals surface area contributed by atoms with E-state index in [-0.39, 0.29) is 12.5 Å². The predicted molar refractivity (Wildman–Crippen MR) is 129 cm³/mol. The number of carbonyl (C=O) groups is 1. The summed E-state index contributed by atoms with van der Waals surface area (Å²) >= 11 is 0. The van der Waals surface area contributed by atoms with Crippen LogP contribution in [0.15, 0.2) is 29.3 Å². The highest BCUT2D eigenvalue weighted by Crippen LogP contribution is 2.31. The number of anilines is 1. The lowest BCUT2D eigenvalue weighted by Gasteiger charge is -2.34. The molecular weight excluding hydrogens is 406 g/mol. The molecule has 8 nitrogen and oxygen atoms in total. The van der Waals surface area contributed by atoms with Crippen LogP contribution < -0.4 is 20.3 Å². The van der Waals surface area contributed by atoms with Gasteiger partial charge < -0.3 is 25.0 Å². The number of benzene rings is 1. The molecule has 2 aliphatic heterocycles. The lowest BCUT2D eigenvalue weighted by Crippen LogP contribution is -2.46. The molecule has 178 valence electrons. The number of nitrogens with zero attached hydrogens (tertiary/aromatic N) is 3. The molecular formula is C24H39N5O3. The number of nitrogens with one attached hydrogen (secondary N) is 2. The topological polar surface area (TPSA) is 78.4 Å². The van der Waals surface area contributed by atoms with Crippen LogP contribution in [0.1, 0.15) is 33.6 Å². The first kappa shape index (κ1) is 24.3. The van der Waals surface area contributed by atoms with E-state index in [1.54, 1.807) is 0 Å². The second-order valence-electron chi connectivity index (χ2n) is 8.73. The van der Waals surface area contributed by atoms with Crippen LogP contribution in [0.25, 0.3) is 0 Å². The molecule has 1 amide bonds. The van der Waals surface area contributed by atoms with Crippen LogP contribution in [0.5, 0.6) is 5.75 Å². The molecule has 2 heterocycles. The maximum absolute atomic E-state index is 12.3. The van der Waals surface area contributed by atoms with Gasteiger partial charge in [-0.25, -0.2) is 0 Å². The van der Waals surface area contributed by atoms with Gasteiger partial charge in [0, 0.05) is 38.8 Å². The van der Waals surface area contributed by atoms with E-state index in [9.17, 15) is 4.79 Å². The van der Waals surface area contributed by atoms with Crippen LogP contribution in [-0.4, -0.2) is 81.9 Å². The Kier molecular flexibility index (Phi) is 9.62. The Labute approximate surface area is 192 Å². The average molecular weight is 446 g/mol. The molecule has 1 aromatic rings. The molecule has 1 atom stereocenters. The molecule has 32 heavy (non-hydrogen) atoms. The number of fused-ring (bicyclic) bond motifs is 1. The molecule has 0 saturated carbocycles. The summed E-state index contributed by atoms with van der Waals surface area (Å²) in [6, 6.07) is 8.13. The standard InChI is InChI=1S/C24H39N5O3/c1-4-25-24(27-17-20(16-19(2)3)28-12-14-31-15-13-28)26-10-7-11-29-21-8-5-6-9-22(21)32-18-23(29)30/h5-6,8-9,19-20H,4,7,10-18H2,1-3H3,(H2,25,26,27). The molecule has 0 bridgehead atoms. The van der Waals surface area contributed by atoms with Gasteiger partial charge in [0.25, 0.3) is 5.91 Å². The zero-order chi connectivity index (χ0) is 22.8. The number of rotatable bonds is 10. The third-order valence-corrected chi connectivity index (χ3v) is 5.77. The molecule has 0 aromatic heterocycles. The summed E-state index contributed by atoms with van der Waals surface area (Å²) in [6.07, 6.45) is 1.95. The Morgan fingerprint density at radius 2 is 1.97 bits per heavy atom. The summed E-state index contributed by atoms with van der Waals surface area (Å²) in [7, 11) is 0. The molecule has 2 aliphatic rings. The minimum Gasteiger partial charge on any atom is -0.482 e. The summed E-state index contributed by atoms with van der Waals surface area (Å²) in [4.78, 5) is 21.6. The van der Waals surface area contributed by atoms with Gasteiger partial charge in [0.2, 0.25) is 0 Å². The van der Waals surface area contributed by atoms with Crippen LogP contribution in [0.2, 0.25) is 0 Å². The number of carbonyl (C=O) groups excluding carboxylic acids is 1. The van der Waals surface area contributed by atoms with Gasteiger partial charge in [-0.05, 0) is 37.8 Å². The molecule has 1 unspecified atom stereocenters. The van der Waals surface area contributed by atoms with Crippen LogP contribution in [0, 0.1) is 5.92 Å². The predicted octanol–water partition coefficient (Wildman–Crippen LogP) is 2.10. The van der Waals surface area contributed by atoms with E-state index in [1.165, 1.54) is 0 Å². The van der Waals surface area contributed by atoms with Crippen molar-refractivity contribution in [1.29, 1.82) is 0 Å². The van der Waals surface area contributed by atoms with E-state index in [0.29, 0.717) is 18.5 Å². The number of hydrogen-bond acceptors (Lipinski definition) is 5. The second kappa shape index (κ2) is 12.6. The molecule has 8 heteroatoms. The zero-order valence-corrected chi connectivity index (χ0v) is 19.8. The van der Waals surface area contributed by atoms with E-state index < -0.39 is 0 Å². The monoisotopic (exact) mass is 445 g/mol. The van der Waals surface area contributed by atoms with Gasteiger partial charge in [-0.15, -0.1) is 0 Å². The van der Waals surface area contributed by atoms with Crippen molar-refractivity contribution in [3.05, 3.63) is 24.3 Å². The van der Waals surface area contributed by atoms with E-state index in [1.807, 2.05) is 29.2 Å². The number of aliphatic imine (C=N–C) groups is 1. The zero-order valence-electron chi connectivity index (χ0n) is 19.8. The van der Waals surface area contributed by atoms with Crippen molar-refractivity contribution in [2.45, 2.75) is 39.7 Å². The minimum atomic E-state index is 0.00584. The quantitative estimate of drug-likeness (QED) is 0.326. The summed E-state index contributed by atoms with van der Waals surface area (Å²) in [5.74, 6) is 2.24. The number of ether oxygens (including phenoxy) is 2. The lowest BCUT2D eigenvalue weighted by atomic mass is 10.0. The number of amides is 1. The van der Waals surface area contributed by atoms with E-state index in [0.717, 1.165) is 76.2 Å². The molecule has 1 fully saturated rings. The third kappa shape index (κ3) is 7.10. The van der Waals surface area contributed by atoms with Gasteiger partial charge in [-0.3, -0.25) is 14.7 Å². The smallest absolute Gasteiger partial charge is 0.265 e. The highest BCUT2D eigenvalue weighted by atomic mass is 16.5. The lowest BCUT2D eigenvalue weighted by molar-refractivity contribution is -0.121. The highest BCUT2D eigenvalue weighted by molar-refractivity contribution is 5.97. The fourth-order valence-corrected chi connectivity index (χ4v) is 4.21. The first-order chi connectivity index (χ1) is 15.6. The van der Waals surface area contributed by atoms with Crippen molar-refractivity contribution in [3.63, 3.8) is 0 Å². The Hall–Kier alpha value is -2.32. The molecule has 0 spiro atoms. The van der Waals surface area contributed by atoms with E-state index in [4.69, 9.17) is 14.5 Å². The Bertz CT molecular complexity index is 749. The Morgan fingerprint density at radius 3 is 2.72 bits per heavy atom. The number of para-hydroxylation sites is 2. The minimum absolute atomic E-state index is 0.00584. The average Bonchev–Trinajstić information content (AvgIpc) is 2.80. The van der Waals surface area contributed by atoms with Gasteiger partial charge in [-0.1, -0.05) is 26.0 Å². The summed E-state index contributed by atoms with van der Waals surface area (Å²) in [6.45, 7) is 13.3. The summed E-state index contributed by atoms with van der Waals surface area (Å²) in [5.41, 5.74) is 0.853. The van der Waals surface area contributed by atoms with Crippen LogP contribution in [-0.2, 0) is 9.53 Å². The maximum atomic E-state index is 12.3. The molecule has 0 radical (unpaired) electrons. The molecule has 1 aromatic carbocycles. The fourth-order valence-electron chi connectivity index (χ4n) is 4.21. The SMILES string of the molecule is CCNC(=NCC(CC(C)C)N1CCOCC1)NCCCN1C(=O)COc2ccccc21. The van der Waals surface area contributed by atoms with Crippen molar-refractivity contribution in [2.24, 2.45) is 10.9 Å². The van der Waals surface area contributed by atoms with Crippen molar-refractivity contribution in [1.82, 2.24) is 15.5 Å². The largest absolute Gasteiger partial charge is 0.482 e. The fraction of sp³-hybridized carbons (Fsp3) is 0.667. The van der Waals surface area contributed by atoms with Gasteiger partial charge in [0.1, 0.15) is 5.75 Å². The first-order valence-electron chi connectivity index (χ1n) is 11.9. The number of guanidine groups is 1. The van der Waals surface area contributed by atoms with Crippen LogP contribution >= 0.6 is 0 Å². The van der Waals surface area contributed by atoms with Crippen molar-refractivity contribution >= 4 is 17.6 Å². The van der Waals surface area contributed by atoms with Crippen LogP contribution in [0.4, 0.5) is 5.69 Å². The molecule has 2 N–H and O–H groups in total. The van der Waals surface area contributed by atoms with Gasteiger partial charge in [0.05, 0.1) is 25.4 Å². The molecule has 1 saturated heterocycles. The van der Waals surface area contributed by atoms with Crippen LogP contribution in [0.3, 0.4) is 0 Å². The van der Waals surface area contributed by atoms with E-state index in [2.05, 4.69) is 36.3 Å². The van der Waals surface area contributed by atoms with Crippen molar-refractivity contribution in [3.8, 4) is 5.75 Å². The third-order valence-electron chi connectivity index (χ3n) is 5.77. The highest BCUT2D eigenvalue weighted by Gasteiger charge is 2.24. The Balaban J connectivity index is 1.52. The van der Waals surface area contributed by atoms with E-state index >= 15 is 0 Å². The van der Waals surface area contributed by atoms with Gasteiger partial charge in [0.15, 0.2) is 12.6 Å². The molecule has 3 rings (SSSR count). The Morgan fingerprint density at radius 1 is 1.19 bits per heavy atom. The number of hydrogen-bond donors (Lipinski definition) is 2. The maximum Gasteiger partial charge on any atom is 0.265 e. The molecule has 0 aliphatic carbocycles. The normalized spacial score (nSPS) is 18.3. The van der Waals surface area contributed by atoms with Gasteiger partial charge in [-0.2, -0.15) is 0 Å². The first-order valence-corrected chi connectivity index (χ1v) is 11.9. The summed E-state index contributed by atoms with van der Waals surface area (Å²) < 4.78 is 11.1. The number of morpholine rings is 1. The van der Waals surface area contributed by atoms with Crippen molar-refractivity contribution < 1.29 is 14.3 Å². The summed E-state index contributed by atoms with van der Waals surface area (Å²) in [5, 5.41) is 6.79.